The van der Waals surface area contributed by atoms with Crippen molar-refractivity contribution in [1.82, 2.24) is 4.98 Å². The SMILES string of the molecule is CC.Cc1cnccc1OC(C)C. The van der Waals surface area contributed by atoms with E-state index in [1.165, 1.54) is 0 Å². The molecule has 1 aromatic heterocycles. The molecule has 74 valence electrons. The number of aryl methyl sites for hydroxylation is 1. The average Bonchev–Trinajstić information content (AvgIpc) is 2.12. The standard InChI is InChI=1S/C9H13NO.C2H6/c1-7(2)11-9-4-5-10-6-8(9)3;1-2/h4-7H,1-3H3;1-2H3. The molecule has 0 N–H and O–H groups in total. The highest BCUT2D eigenvalue weighted by Gasteiger charge is 1.99. The molecule has 2 nitrogen and oxygen atoms in total. The monoisotopic (exact) mass is 181 g/mol. The second-order valence-corrected chi connectivity index (χ2v) is 2.81. The molecule has 0 unspecified atom stereocenters. The first-order valence-corrected chi connectivity index (χ1v) is 4.77. The van der Waals surface area contributed by atoms with Crippen molar-refractivity contribution < 1.29 is 4.74 Å². The fourth-order valence-corrected chi connectivity index (χ4v) is 0.847. The van der Waals surface area contributed by atoms with E-state index in [9.17, 15) is 0 Å². The van der Waals surface area contributed by atoms with E-state index in [0.29, 0.717) is 0 Å². The Labute approximate surface area is 81.0 Å². The molecule has 0 aromatic carbocycles. The first-order valence-electron chi connectivity index (χ1n) is 4.77. The Morgan fingerprint density at radius 3 is 2.38 bits per heavy atom. The Balaban J connectivity index is 0.000000671. The lowest BCUT2D eigenvalue weighted by Gasteiger charge is -2.10. The summed E-state index contributed by atoms with van der Waals surface area (Å²) in [5.74, 6) is 0.926. The lowest BCUT2D eigenvalue weighted by Crippen LogP contribution is -2.06. The molecule has 0 spiro atoms. The molecule has 0 radical (unpaired) electrons. The minimum Gasteiger partial charge on any atom is -0.491 e. The minimum absolute atomic E-state index is 0.232. The van der Waals surface area contributed by atoms with Gasteiger partial charge >= 0.3 is 0 Å². The molecule has 0 atom stereocenters. The van der Waals surface area contributed by atoms with Crippen molar-refractivity contribution in [2.24, 2.45) is 0 Å². The van der Waals surface area contributed by atoms with Gasteiger partial charge in [0, 0.05) is 18.0 Å². The Morgan fingerprint density at radius 1 is 1.31 bits per heavy atom. The van der Waals surface area contributed by atoms with Crippen LogP contribution in [0.5, 0.6) is 5.75 Å². The fourth-order valence-electron chi connectivity index (χ4n) is 0.847. The van der Waals surface area contributed by atoms with Crippen LogP contribution in [0.4, 0.5) is 0 Å². The van der Waals surface area contributed by atoms with Gasteiger partial charge in [0.05, 0.1) is 6.10 Å². The summed E-state index contributed by atoms with van der Waals surface area (Å²) in [5.41, 5.74) is 1.08. The molecule has 1 rings (SSSR count). The topological polar surface area (TPSA) is 22.1 Å². The van der Waals surface area contributed by atoms with Crippen molar-refractivity contribution in [3.05, 3.63) is 24.0 Å². The lowest BCUT2D eigenvalue weighted by atomic mass is 10.3. The van der Waals surface area contributed by atoms with Crippen LogP contribution in [-0.4, -0.2) is 11.1 Å². The van der Waals surface area contributed by atoms with Crippen molar-refractivity contribution in [2.45, 2.75) is 40.7 Å². The normalized spacial score (nSPS) is 9.08. The van der Waals surface area contributed by atoms with Crippen LogP contribution in [-0.2, 0) is 0 Å². The van der Waals surface area contributed by atoms with Gasteiger partial charge in [-0.25, -0.2) is 0 Å². The summed E-state index contributed by atoms with van der Waals surface area (Å²) < 4.78 is 5.50. The largest absolute Gasteiger partial charge is 0.491 e. The first kappa shape index (κ1) is 11.9. The molecule has 1 heterocycles. The maximum absolute atomic E-state index is 5.50. The smallest absolute Gasteiger partial charge is 0.125 e. The molecule has 0 fully saturated rings. The number of pyridine rings is 1. The summed E-state index contributed by atoms with van der Waals surface area (Å²) in [7, 11) is 0. The quantitative estimate of drug-likeness (QED) is 0.699. The zero-order valence-corrected chi connectivity index (χ0v) is 9.16. The second kappa shape index (κ2) is 6.46. The van der Waals surface area contributed by atoms with Crippen LogP contribution in [0.25, 0.3) is 0 Å². The molecule has 0 aliphatic heterocycles. The predicted octanol–water partition coefficient (Wildman–Crippen LogP) is 3.20. The molecular formula is C11H19NO. The van der Waals surface area contributed by atoms with E-state index in [0.717, 1.165) is 11.3 Å². The van der Waals surface area contributed by atoms with E-state index in [-0.39, 0.29) is 6.10 Å². The third-order valence-electron chi connectivity index (χ3n) is 1.33. The molecule has 0 aliphatic carbocycles. The Hall–Kier alpha value is -1.05. The number of rotatable bonds is 2. The van der Waals surface area contributed by atoms with E-state index >= 15 is 0 Å². The van der Waals surface area contributed by atoms with Gasteiger partial charge in [0.25, 0.3) is 0 Å². The summed E-state index contributed by atoms with van der Waals surface area (Å²) in [5, 5.41) is 0. The van der Waals surface area contributed by atoms with Gasteiger partial charge in [-0.3, -0.25) is 4.98 Å². The van der Waals surface area contributed by atoms with Crippen LogP contribution in [0.1, 0.15) is 33.3 Å². The van der Waals surface area contributed by atoms with Crippen molar-refractivity contribution in [3.63, 3.8) is 0 Å². The Kier molecular flexibility index (Phi) is 5.94. The van der Waals surface area contributed by atoms with E-state index in [1.54, 1.807) is 12.4 Å². The summed E-state index contributed by atoms with van der Waals surface area (Å²) in [6, 6.07) is 1.88. The first-order chi connectivity index (χ1) is 6.20. The highest BCUT2D eigenvalue weighted by atomic mass is 16.5. The number of ether oxygens (including phenoxy) is 1. The molecule has 0 aliphatic rings. The van der Waals surface area contributed by atoms with Gasteiger partial charge in [-0.15, -0.1) is 0 Å². The third-order valence-corrected chi connectivity index (χ3v) is 1.33. The molecule has 0 bridgehead atoms. The van der Waals surface area contributed by atoms with Gasteiger partial charge in [-0.2, -0.15) is 0 Å². The Morgan fingerprint density at radius 2 is 1.92 bits per heavy atom. The zero-order chi connectivity index (χ0) is 10.3. The summed E-state index contributed by atoms with van der Waals surface area (Å²) in [6.45, 7) is 10.0. The van der Waals surface area contributed by atoms with Crippen molar-refractivity contribution in [2.75, 3.05) is 0 Å². The summed E-state index contributed by atoms with van der Waals surface area (Å²) >= 11 is 0. The molecule has 0 amide bonds. The van der Waals surface area contributed by atoms with Crippen LogP contribution in [0.3, 0.4) is 0 Å². The van der Waals surface area contributed by atoms with Crippen LogP contribution >= 0.6 is 0 Å². The average molecular weight is 181 g/mol. The summed E-state index contributed by atoms with van der Waals surface area (Å²) in [6.07, 6.45) is 3.78. The molecule has 0 saturated carbocycles. The van der Waals surface area contributed by atoms with Crippen LogP contribution in [0.15, 0.2) is 18.5 Å². The lowest BCUT2D eigenvalue weighted by molar-refractivity contribution is 0.240. The number of nitrogens with zero attached hydrogens (tertiary/aromatic N) is 1. The van der Waals surface area contributed by atoms with E-state index in [2.05, 4.69) is 4.98 Å². The van der Waals surface area contributed by atoms with Gasteiger partial charge in [0.1, 0.15) is 5.75 Å². The highest BCUT2D eigenvalue weighted by Crippen LogP contribution is 2.15. The van der Waals surface area contributed by atoms with Crippen LogP contribution in [0, 0.1) is 6.92 Å². The molecule has 1 aromatic rings. The van der Waals surface area contributed by atoms with Gasteiger partial charge in [0.2, 0.25) is 0 Å². The number of hydrogen-bond donors (Lipinski definition) is 0. The molecular weight excluding hydrogens is 162 g/mol. The van der Waals surface area contributed by atoms with E-state index < -0.39 is 0 Å². The van der Waals surface area contributed by atoms with Crippen molar-refractivity contribution in [3.8, 4) is 5.75 Å². The zero-order valence-electron chi connectivity index (χ0n) is 9.16. The van der Waals surface area contributed by atoms with Crippen molar-refractivity contribution >= 4 is 0 Å². The molecule has 13 heavy (non-hydrogen) atoms. The minimum atomic E-state index is 0.232. The Bertz CT molecular complexity index is 233. The number of hydrogen-bond acceptors (Lipinski definition) is 2. The number of aromatic nitrogens is 1. The predicted molar refractivity (Wildman–Crippen MR) is 56.1 cm³/mol. The fraction of sp³-hybridized carbons (Fsp3) is 0.545. The van der Waals surface area contributed by atoms with Crippen molar-refractivity contribution in [1.29, 1.82) is 0 Å². The maximum Gasteiger partial charge on any atom is 0.125 e. The molecule has 2 heteroatoms. The molecule has 0 saturated heterocycles. The van der Waals surface area contributed by atoms with Gasteiger partial charge < -0.3 is 4.74 Å². The van der Waals surface area contributed by atoms with Gasteiger partial charge in [-0.1, -0.05) is 13.8 Å². The maximum atomic E-state index is 5.50. The van der Waals surface area contributed by atoms with Gasteiger partial charge in [0.15, 0.2) is 0 Å². The van der Waals surface area contributed by atoms with E-state index in [1.807, 2.05) is 40.7 Å². The second-order valence-electron chi connectivity index (χ2n) is 2.81. The summed E-state index contributed by atoms with van der Waals surface area (Å²) in [4.78, 5) is 3.97. The van der Waals surface area contributed by atoms with Gasteiger partial charge in [-0.05, 0) is 26.8 Å². The van der Waals surface area contributed by atoms with E-state index in [4.69, 9.17) is 4.74 Å². The highest BCUT2D eigenvalue weighted by molar-refractivity contribution is 5.28. The third kappa shape index (κ3) is 4.51. The van der Waals surface area contributed by atoms with Crippen LogP contribution < -0.4 is 4.74 Å². The van der Waals surface area contributed by atoms with Crippen LogP contribution in [0.2, 0.25) is 0 Å².